The molecule has 0 bridgehead atoms. The molecule has 0 aliphatic heterocycles. The first-order valence-electron chi connectivity index (χ1n) is 11.0. The topological polar surface area (TPSA) is 149 Å². The zero-order valence-electron chi connectivity index (χ0n) is 19.2. The summed E-state index contributed by atoms with van der Waals surface area (Å²) in [5.41, 5.74) is -1.03. The molecule has 0 saturated carbocycles. The van der Waals surface area contributed by atoms with E-state index in [1.807, 2.05) is 0 Å². The van der Waals surface area contributed by atoms with Crippen LogP contribution in [0.5, 0.6) is 0 Å². The van der Waals surface area contributed by atoms with Crippen LogP contribution >= 0.6 is 0 Å². The molecule has 184 valence electrons. The molecule has 4 rings (SSSR count). The Labute approximate surface area is 211 Å². The average molecular weight is 513 g/mol. The van der Waals surface area contributed by atoms with Crippen molar-refractivity contribution in [1.82, 2.24) is 0 Å². The maximum absolute atomic E-state index is 12.0. The molecular formula is C28H20O8Si. The number of carboxylic acids is 4. The molecule has 0 amide bonds. The minimum Gasteiger partial charge on any atom is -0.478 e. The molecule has 0 radical (unpaired) electrons. The molecule has 0 aliphatic rings. The highest BCUT2D eigenvalue weighted by atomic mass is 28.3. The summed E-state index contributed by atoms with van der Waals surface area (Å²) in [4.78, 5) is 48.1. The van der Waals surface area contributed by atoms with Gasteiger partial charge in [0.05, 0.1) is 22.3 Å². The van der Waals surface area contributed by atoms with Gasteiger partial charge in [-0.2, -0.15) is 0 Å². The number of hydrogen-bond donors (Lipinski definition) is 4. The van der Waals surface area contributed by atoms with Gasteiger partial charge >= 0.3 is 23.9 Å². The van der Waals surface area contributed by atoms with Crippen LogP contribution in [0.4, 0.5) is 0 Å². The van der Waals surface area contributed by atoms with E-state index >= 15 is 0 Å². The van der Waals surface area contributed by atoms with Crippen molar-refractivity contribution in [2.75, 3.05) is 0 Å². The van der Waals surface area contributed by atoms with Gasteiger partial charge in [-0.05, 0) is 57.1 Å². The predicted molar refractivity (Wildman–Crippen MR) is 138 cm³/mol. The van der Waals surface area contributed by atoms with Crippen molar-refractivity contribution in [2.24, 2.45) is 0 Å². The summed E-state index contributed by atoms with van der Waals surface area (Å²) in [5, 5.41) is 41.2. The van der Waals surface area contributed by atoms with Gasteiger partial charge in [0.25, 0.3) is 0 Å². The fourth-order valence-corrected chi connectivity index (χ4v) is 9.43. The second-order valence-corrected chi connectivity index (χ2v) is 12.1. The molecule has 0 fully saturated rings. The molecule has 8 nitrogen and oxygen atoms in total. The highest BCUT2D eigenvalue weighted by molar-refractivity contribution is 7.20. The lowest BCUT2D eigenvalue weighted by atomic mass is 10.1. The van der Waals surface area contributed by atoms with Gasteiger partial charge in [0.2, 0.25) is 0 Å². The Bertz CT molecular complexity index is 1350. The van der Waals surface area contributed by atoms with Crippen LogP contribution in [-0.4, -0.2) is 52.4 Å². The average Bonchev–Trinajstić information content (AvgIpc) is 2.90. The van der Waals surface area contributed by atoms with Gasteiger partial charge in [0, 0.05) is 0 Å². The van der Waals surface area contributed by atoms with Crippen LogP contribution in [-0.2, 0) is 0 Å². The van der Waals surface area contributed by atoms with Crippen LogP contribution in [0.3, 0.4) is 0 Å². The number of hydrogen-bond acceptors (Lipinski definition) is 4. The van der Waals surface area contributed by atoms with E-state index in [2.05, 4.69) is 0 Å². The Morgan fingerprint density at radius 3 is 0.919 bits per heavy atom. The molecule has 4 aromatic rings. The third-order valence-electron chi connectivity index (χ3n) is 6.13. The first kappa shape index (κ1) is 25.1. The van der Waals surface area contributed by atoms with Crippen LogP contribution in [0.25, 0.3) is 0 Å². The Kier molecular flexibility index (Phi) is 6.72. The fourth-order valence-electron chi connectivity index (χ4n) is 4.56. The minimum absolute atomic E-state index is 0.258. The van der Waals surface area contributed by atoms with Gasteiger partial charge < -0.3 is 20.4 Å². The number of carbonyl (C=O) groups is 4. The van der Waals surface area contributed by atoms with Crippen molar-refractivity contribution in [3.63, 3.8) is 0 Å². The quantitative estimate of drug-likeness (QED) is 0.206. The Hall–Kier alpha value is -5.02. The van der Waals surface area contributed by atoms with E-state index in [0.717, 1.165) is 12.1 Å². The third kappa shape index (κ3) is 4.63. The molecule has 0 saturated heterocycles. The lowest BCUT2D eigenvalue weighted by Gasteiger charge is -2.35. The highest BCUT2D eigenvalue weighted by Crippen LogP contribution is 2.16. The van der Waals surface area contributed by atoms with E-state index in [-0.39, 0.29) is 22.3 Å². The SMILES string of the molecule is O=C(O)c1cc(C(=O)O)cc([Si](c2ccccc2)(c2ccccc2)c2cc(C(=O)O)cc(C(=O)O)c2)c1. The number of benzene rings is 4. The zero-order valence-corrected chi connectivity index (χ0v) is 20.2. The van der Waals surface area contributed by atoms with E-state index in [4.69, 9.17) is 0 Å². The van der Waals surface area contributed by atoms with E-state index in [1.165, 1.54) is 24.3 Å². The molecule has 4 aromatic carbocycles. The van der Waals surface area contributed by atoms with Crippen molar-refractivity contribution in [3.05, 3.63) is 119 Å². The summed E-state index contributed by atoms with van der Waals surface area (Å²) < 4.78 is 0. The van der Waals surface area contributed by atoms with Crippen molar-refractivity contribution in [2.45, 2.75) is 0 Å². The molecule has 9 heteroatoms. The molecular weight excluding hydrogens is 492 g/mol. The summed E-state index contributed by atoms with van der Waals surface area (Å²) in [6.45, 7) is 0. The second kappa shape index (κ2) is 9.92. The van der Waals surface area contributed by atoms with Gasteiger partial charge in [-0.15, -0.1) is 0 Å². The van der Waals surface area contributed by atoms with E-state index < -0.39 is 32.0 Å². The van der Waals surface area contributed by atoms with E-state index in [9.17, 15) is 39.6 Å². The lowest BCUT2D eigenvalue weighted by molar-refractivity contribution is 0.0676. The maximum atomic E-state index is 12.0. The molecule has 37 heavy (non-hydrogen) atoms. The molecule has 0 heterocycles. The minimum atomic E-state index is -3.66. The maximum Gasteiger partial charge on any atom is 0.335 e. The standard InChI is InChI=1S/C28H20O8Si/c29-25(30)17-11-18(26(31)32)14-23(13-17)37(21-7-3-1-4-8-21,22-9-5-2-6-10-22)24-15-19(27(33)34)12-20(16-24)28(35)36/h1-16H,(H,29,30)(H,31,32)(H,33,34)(H,35,36). The number of carboxylic acid groups (broad SMARTS) is 4. The van der Waals surface area contributed by atoms with Crippen LogP contribution in [0.15, 0.2) is 97.1 Å². The molecule has 0 aliphatic carbocycles. The van der Waals surface area contributed by atoms with Crippen LogP contribution in [0, 0.1) is 0 Å². The number of rotatable bonds is 8. The Morgan fingerprint density at radius 2 is 0.676 bits per heavy atom. The molecule has 0 atom stereocenters. The fraction of sp³-hybridized carbons (Fsp3) is 0. The third-order valence-corrected chi connectivity index (χ3v) is 10.8. The van der Waals surface area contributed by atoms with Gasteiger partial charge in [0.15, 0.2) is 8.07 Å². The van der Waals surface area contributed by atoms with Gasteiger partial charge in [0.1, 0.15) is 0 Å². The molecule has 4 N–H and O–H groups in total. The Balaban J connectivity index is 2.27. The smallest absolute Gasteiger partial charge is 0.335 e. The van der Waals surface area contributed by atoms with E-state index in [0.29, 0.717) is 20.7 Å². The molecule has 0 spiro atoms. The van der Waals surface area contributed by atoms with E-state index in [1.54, 1.807) is 60.7 Å². The van der Waals surface area contributed by atoms with Crippen LogP contribution < -0.4 is 20.7 Å². The van der Waals surface area contributed by atoms with Crippen molar-refractivity contribution >= 4 is 52.7 Å². The molecule has 0 unspecified atom stereocenters. The van der Waals surface area contributed by atoms with Gasteiger partial charge in [-0.25, -0.2) is 19.2 Å². The summed E-state index contributed by atoms with van der Waals surface area (Å²) in [7, 11) is -3.66. The van der Waals surface area contributed by atoms with Gasteiger partial charge in [-0.3, -0.25) is 0 Å². The number of aromatic carboxylic acids is 4. The van der Waals surface area contributed by atoms with Crippen molar-refractivity contribution in [3.8, 4) is 0 Å². The first-order chi connectivity index (χ1) is 17.6. The second-order valence-electron chi connectivity index (χ2n) is 8.30. The molecule has 0 aromatic heterocycles. The normalized spacial score (nSPS) is 11.0. The summed E-state index contributed by atoms with van der Waals surface area (Å²) >= 11 is 0. The Morgan fingerprint density at radius 1 is 0.405 bits per heavy atom. The van der Waals surface area contributed by atoms with Crippen LogP contribution in [0.1, 0.15) is 41.4 Å². The predicted octanol–water partition coefficient (Wildman–Crippen LogP) is 1.86. The first-order valence-corrected chi connectivity index (χ1v) is 13.0. The summed E-state index contributed by atoms with van der Waals surface area (Å²) in [5.74, 6) is -5.34. The monoisotopic (exact) mass is 512 g/mol. The van der Waals surface area contributed by atoms with Crippen LogP contribution in [0.2, 0.25) is 0 Å². The highest BCUT2D eigenvalue weighted by Gasteiger charge is 2.43. The zero-order chi connectivity index (χ0) is 26.7. The largest absolute Gasteiger partial charge is 0.478 e. The summed E-state index contributed by atoms with van der Waals surface area (Å²) in [6.07, 6.45) is 0. The lowest BCUT2D eigenvalue weighted by Crippen LogP contribution is -2.75. The van der Waals surface area contributed by atoms with Crippen molar-refractivity contribution in [1.29, 1.82) is 0 Å². The summed E-state index contributed by atoms with van der Waals surface area (Å²) in [6, 6.07) is 25.4. The van der Waals surface area contributed by atoms with Crippen molar-refractivity contribution < 1.29 is 39.6 Å². The van der Waals surface area contributed by atoms with Gasteiger partial charge in [-0.1, -0.05) is 60.7 Å².